The Balaban J connectivity index is 0.915. The van der Waals surface area contributed by atoms with Gasteiger partial charge in [-0.25, -0.2) is 9.78 Å². The number of carbonyl (C=O) groups excluding carboxylic acids is 4. The van der Waals surface area contributed by atoms with Gasteiger partial charge in [0.2, 0.25) is 11.9 Å². The van der Waals surface area contributed by atoms with E-state index in [9.17, 15) is 24.3 Å². The van der Waals surface area contributed by atoms with Crippen LogP contribution in [0.3, 0.4) is 0 Å². The van der Waals surface area contributed by atoms with E-state index in [1.54, 1.807) is 23.0 Å². The van der Waals surface area contributed by atoms with Crippen molar-refractivity contribution in [1.82, 2.24) is 29.3 Å². The van der Waals surface area contributed by atoms with E-state index in [0.29, 0.717) is 75.6 Å². The van der Waals surface area contributed by atoms with Gasteiger partial charge in [-0.3, -0.25) is 14.4 Å². The molecule has 0 aromatic carbocycles. The number of rotatable bonds is 9. The van der Waals surface area contributed by atoms with Gasteiger partial charge in [-0.05, 0) is 76.5 Å². The van der Waals surface area contributed by atoms with Gasteiger partial charge in [-0.2, -0.15) is 9.97 Å². The fraction of sp³-hybridized carbons (Fsp3) is 0.750. The van der Waals surface area contributed by atoms with E-state index in [1.165, 1.54) is 0 Å². The summed E-state index contributed by atoms with van der Waals surface area (Å²) in [6.07, 6.45) is 7.26. The van der Waals surface area contributed by atoms with Crippen LogP contribution < -0.4 is 10.6 Å². The summed E-state index contributed by atoms with van der Waals surface area (Å²) in [6, 6.07) is 0. The van der Waals surface area contributed by atoms with Crippen LogP contribution in [0.25, 0.3) is 11.2 Å². The largest absolute Gasteiger partial charge is 0.461 e. The summed E-state index contributed by atoms with van der Waals surface area (Å²) in [5.74, 6) is 0.746. The van der Waals surface area contributed by atoms with Crippen molar-refractivity contribution >= 4 is 58.4 Å². The first-order valence-electron chi connectivity index (χ1n) is 21.9. The molecule has 3 N–H and O–H groups in total. The van der Waals surface area contributed by atoms with E-state index >= 15 is 0 Å². The van der Waals surface area contributed by atoms with Crippen molar-refractivity contribution in [3.05, 3.63) is 19.0 Å². The lowest BCUT2D eigenvalue weighted by Crippen LogP contribution is -2.63. The fourth-order valence-corrected chi connectivity index (χ4v) is 12.3. The molecule has 0 unspecified atom stereocenters. The van der Waals surface area contributed by atoms with Crippen LogP contribution in [0.5, 0.6) is 0 Å². The number of aliphatic hydroxyl groups excluding tert-OH is 1. The number of thioether (sulfide) groups is 1. The minimum absolute atomic E-state index is 0.0404. The summed E-state index contributed by atoms with van der Waals surface area (Å²) in [5, 5.41) is 12.0. The second-order valence-corrected chi connectivity index (χ2v) is 21.0. The zero-order valence-corrected chi connectivity index (χ0v) is 37.5. The maximum Gasteiger partial charge on any atom is 0.410 e. The second kappa shape index (κ2) is 16.7. The highest BCUT2D eigenvalue weighted by Gasteiger charge is 2.68. The number of carbonyl (C=O) groups is 4. The number of aryl methyl sites for hydroxylation is 1. The molecule has 330 valence electrons. The Labute approximate surface area is 358 Å². The summed E-state index contributed by atoms with van der Waals surface area (Å²) in [4.78, 5) is 72.7. The molecule has 7 rings (SSSR count). The highest BCUT2D eigenvalue weighted by molar-refractivity contribution is 8.00. The third kappa shape index (κ3) is 8.23. The van der Waals surface area contributed by atoms with Gasteiger partial charge in [0, 0.05) is 80.7 Å². The van der Waals surface area contributed by atoms with Crippen LogP contribution in [0.1, 0.15) is 99.8 Å². The van der Waals surface area contributed by atoms with E-state index in [0.717, 1.165) is 32.1 Å². The van der Waals surface area contributed by atoms with Crippen LogP contribution in [-0.2, 0) is 30.4 Å². The molecule has 2 saturated heterocycles. The Morgan fingerprint density at radius 3 is 2.40 bits per heavy atom. The van der Waals surface area contributed by atoms with Gasteiger partial charge >= 0.3 is 12.1 Å². The number of likely N-dealkylation sites (tertiary alicyclic amines) is 1. The number of hydrogen-bond acceptors (Lipinski definition) is 13. The normalized spacial score (nSPS) is 32.6. The maximum atomic E-state index is 13.7. The number of nitrogens with two attached hydrogens (primary N) is 1. The minimum atomic E-state index is -0.698. The number of aliphatic hydroxyl groups is 1. The number of hydrogen-bond donors (Lipinski definition) is 2. The number of ketones is 1. The predicted molar refractivity (Wildman–Crippen MR) is 231 cm³/mol. The minimum Gasteiger partial charge on any atom is -0.461 e. The number of anilines is 2. The van der Waals surface area contributed by atoms with Crippen molar-refractivity contribution in [3.8, 4) is 0 Å². The highest BCUT2D eigenvalue weighted by Crippen LogP contribution is 2.68. The van der Waals surface area contributed by atoms with Gasteiger partial charge < -0.3 is 39.6 Å². The smallest absolute Gasteiger partial charge is 0.410 e. The number of Topliss-reactive ketones (excluding diaryl/α,β-unsaturated/α-hetero) is 1. The molecule has 4 heterocycles. The lowest BCUT2D eigenvalue weighted by molar-refractivity contribution is -0.205. The first-order chi connectivity index (χ1) is 28.3. The van der Waals surface area contributed by atoms with Crippen molar-refractivity contribution in [2.24, 2.45) is 34.0 Å². The standard InChI is InChI=1S/C44H66N8O7S/c1-9-42(7)24-31(43(8)27(2)10-15-44(28(3)36(42)56)16-11-30(53)35(43)44)58-33(55)25-60-29-12-17-49(18-13-29)32(54)14-19-52-26-46-34-37(47-39(45)48-38(34)52)50-20-22-51(23-21-50)40(57)59-41(4,5)6/h9,26-29,31,35-36,56H,1,10-25H2,2-8H3,(H2,45,47,48)/t27-,28+,31-,35-,36+,42-,43+,44+/m1/s1. The molecule has 8 atom stereocenters. The third-order valence-electron chi connectivity index (χ3n) is 15.1. The van der Waals surface area contributed by atoms with Gasteiger partial charge in [-0.15, -0.1) is 18.3 Å². The number of nitrogens with zero attached hydrogens (tertiary/aromatic N) is 7. The summed E-state index contributed by atoms with van der Waals surface area (Å²) < 4.78 is 13.8. The van der Waals surface area contributed by atoms with E-state index in [-0.39, 0.29) is 70.3 Å². The van der Waals surface area contributed by atoms with Crippen molar-refractivity contribution in [3.63, 3.8) is 0 Å². The summed E-state index contributed by atoms with van der Waals surface area (Å²) in [6.45, 7) is 21.8. The maximum absolute atomic E-state index is 13.7. The Bertz CT molecular complexity index is 1970. The summed E-state index contributed by atoms with van der Waals surface area (Å²) in [7, 11) is 0. The van der Waals surface area contributed by atoms with E-state index in [1.807, 2.05) is 48.1 Å². The molecule has 15 nitrogen and oxygen atoms in total. The van der Waals surface area contributed by atoms with Crippen LogP contribution in [-0.4, -0.2) is 126 Å². The molecule has 2 aliphatic heterocycles. The SMILES string of the molecule is C=C[C@]1(C)C[C@@H](OC(=O)CSC2CCN(C(=O)CCn3cnc4c(N5CCN(C(=O)OC(C)(C)C)CC5)nc(N)nc43)CC2)[C@]2(C)[C@H](C)CC[C@]3(CCC(=O)[C@@H]32)[C@@H](C)[C@@H]1O. The molecule has 2 bridgehead atoms. The van der Waals surface area contributed by atoms with Crippen molar-refractivity contribution in [2.45, 2.75) is 129 Å². The average Bonchev–Trinajstić information content (AvgIpc) is 3.79. The number of esters is 1. The van der Waals surface area contributed by atoms with Crippen molar-refractivity contribution in [2.75, 3.05) is 55.7 Å². The van der Waals surface area contributed by atoms with Crippen LogP contribution in [0.4, 0.5) is 16.6 Å². The first kappa shape index (κ1) is 44.1. The van der Waals surface area contributed by atoms with Gasteiger partial charge in [0.1, 0.15) is 17.5 Å². The third-order valence-corrected chi connectivity index (χ3v) is 16.4. The molecular weight excluding hydrogens is 785 g/mol. The number of imidazole rings is 1. The molecule has 5 fully saturated rings. The molecule has 16 heteroatoms. The van der Waals surface area contributed by atoms with E-state index in [4.69, 9.17) is 15.2 Å². The quantitative estimate of drug-likeness (QED) is 0.239. The Kier molecular flexibility index (Phi) is 12.3. The van der Waals surface area contributed by atoms with Gasteiger partial charge in [0.05, 0.1) is 18.2 Å². The Morgan fingerprint density at radius 2 is 1.73 bits per heavy atom. The van der Waals surface area contributed by atoms with Crippen molar-refractivity contribution in [1.29, 1.82) is 0 Å². The van der Waals surface area contributed by atoms with Gasteiger partial charge in [-0.1, -0.05) is 33.8 Å². The number of ether oxygens (including phenoxy) is 2. The first-order valence-corrected chi connectivity index (χ1v) is 23.0. The van der Waals surface area contributed by atoms with Gasteiger partial charge in [0.25, 0.3) is 0 Å². The van der Waals surface area contributed by atoms with Crippen LogP contribution >= 0.6 is 11.8 Å². The summed E-state index contributed by atoms with van der Waals surface area (Å²) in [5.41, 5.74) is 5.23. The monoisotopic (exact) mass is 850 g/mol. The number of amides is 2. The number of nitrogen functional groups attached to an aromatic ring is 1. The molecule has 0 spiro atoms. The zero-order valence-electron chi connectivity index (χ0n) is 36.7. The Morgan fingerprint density at radius 1 is 1.03 bits per heavy atom. The molecule has 2 amide bonds. The molecule has 2 aromatic heterocycles. The number of fused-ring (bicyclic) bond motifs is 1. The molecule has 60 heavy (non-hydrogen) atoms. The molecule has 3 saturated carbocycles. The average molecular weight is 851 g/mol. The molecule has 2 aromatic rings. The van der Waals surface area contributed by atoms with E-state index < -0.39 is 28.6 Å². The molecule has 5 aliphatic rings. The zero-order chi connectivity index (χ0) is 43.4. The second-order valence-electron chi connectivity index (χ2n) is 19.7. The number of aromatic nitrogens is 4. The van der Waals surface area contributed by atoms with Crippen LogP contribution in [0, 0.1) is 34.0 Å². The topological polar surface area (TPSA) is 186 Å². The van der Waals surface area contributed by atoms with Crippen LogP contribution in [0.2, 0.25) is 0 Å². The highest BCUT2D eigenvalue weighted by atomic mass is 32.2. The fourth-order valence-electron chi connectivity index (χ4n) is 11.3. The van der Waals surface area contributed by atoms with Crippen molar-refractivity contribution < 1.29 is 33.8 Å². The van der Waals surface area contributed by atoms with E-state index in [2.05, 4.69) is 42.3 Å². The number of piperazine rings is 1. The predicted octanol–water partition coefficient (Wildman–Crippen LogP) is 5.49. The van der Waals surface area contributed by atoms with Gasteiger partial charge in [0.15, 0.2) is 17.0 Å². The number of piperidine rings is 1. The van der Waals surface area contributed by atoms with Crippen LogP contribution in [0.15, 0.2) is 19.0 Å². The molecular formula is C44H66N8O7S. The lowest BCUT2D eigenvalue weighted by Gasteiger charge is -2.61. The molecule has 3 aliphatic carbocycles. The lowest BCUT2D eigenvalue weighted by atomic mass is 9.44. The Hall–Kier alpha value is -3.92. The summed E-state index contributed by atoms with van der Waals surface area (Å²) >= 11 is 1.58. The molecule has 0 radical (unpaired) electrons.